The molecule has 0 aliphatic carbocycles. The van der Waals surface area contributed by atoms with E-state index in [9.17, 15) is 9.00 Å². The topological polar surface area (TPSA) is 43.4 Å². The molecule has 0 aromatic heterocycles. The van der Waals surface area contributed by atoms with E-state index in [2.05, 4.69) is 32.9 Å². The summed E-state index contributed by atoms with van der Waals surface area (Å²) in [5.74, 6) is -0.304. The van der Waals surface area contributed by atoms with E-state index in [4.69, 9.17) is 16.3 Å². The van der Waals surface area contributed by atoms with Crippen LogP contribution in [0.15, 0.2) is 18.2 Å². The average Bonchev–Trinajstić information content (AvgIpc) is 2.58. The molecule has 5 heteroatoms. The quantitative estimate of drug-likeness (QED) is 0.415. The van der Waals surface area contributed by atoms with Crippen LogP contribution in [0.5, 0.6) is 0 Å². The van der Waals surface area contributed by atoms with Crippen LogP contribution >= 0.6 is 11.6 Å². The van der Waals surface area contributed by atoms with Crippen LogP contribution in [0.1, 0.15) is 79.9 Å². The molecule has 0 radical (unpaired) electrons. The number of hydrogen-bond donors (Lipinski definition) is 0. The van der Waals surface area contributed by atoms with Gasteiger partial charge in [-0.05, 0) is 62.1 Å². The Hall–Kier alpha value is -0.870. The molecule has 0 saturated carbocycles. The standard InChI is InChI=1S/C25H41ClO3S/c1-17(2)21(22(27)29-10)25(9,16-30(28)24(6,7)8)19-12-11-18(20(26)15-19)13-14-23(3,4)5/h11-12,15,17,21H,13-14,16H2,1-10H3/t21?,25-,30+/m0/s1. The number of ether oxygens (including phenoxy) is 1. The number of halogens is 1. The molecule has 0 aliphatic heterocycles. The first-order chi connectivity index (χ1) is 13.5. The number of esters is 1. The molecule has 30 heavy (non-hydrogen) atoms. The lowest BCUT2D eigenvalue weighted by Crippen LogP contribution is -2.47. The summed E-state index contributed by atoms with van der Waals surface area (Å²) >= 11 is 6.70. The summed E-state index contributed by atoms with van der Waals surface area (Å²) in [6.45, 7) is 18.6. The van der Waals surface area contributed by atoms with Crippen molar-refractivity contribution in [3.8, 4) is 0 Å². The number of benzene rings is 1. The van der Waals surface area contributed by atoms with Crippen LogP contribution in [0.4, 0.5) is 0 Å². The van der Waals surface area contributed by atoms with E-state index >= 15 is 0 Å². The van der Waals surface area contributed by atoms with Crippen molar-refractivity contribution in [2.24, 2.45) is 17.3 Å². The summed E-state index contributed by atoms with van der Waals surface area (Å²) in [5, 5.41) is 0.705. The van der Waals surface area contributed by atoms with Crippen LogP contribution in [0.25, 0.3) is 0 Å². The zero-order valence-electron chi connectivity index (χ0n) is 20.5. The maximum Gasteiger partial charge on any atom is 0.309 e. The van der Waals surface area contributed by atoms with E-state index in [0.717, 1.165) is 24.0 Å². The van der Waals surface area contributed by atoms with Crippen LogP contribution in [0, 0.1) is 17.3 Å². The number of methoxy groups -OCH3 is 1. The van der Waals surface area contributed by atoms with Crippen molar-refractivity contribution in [3.05, 3.63) is 34.3 Å². The maximum atomic E-state index is 13.2. The lowest BCUT2D eigenvalue weighted by atomic mass is 9.68. The molecule has 0 fully saturated rings. The fourth-order valence-corrected chi connectivity index (χ4v) is 5.45. The Morgan fingerprint density at radius 2 is 1.67 bits per heavy atom. The fraction of sp³-hybridized carbons (Fsp3) is 0.720. The summed E-state index contributed by atoms with van der Waals surface area (Å²) in [4.78, 5) is 12.8. The normalized spacial score (nSPS) is 16.8. The number of carbonyl (C=O) groups is 1. The van der Waals surface area contributed by atoms with Gasteiger partial charge in [-0.3, -0.25) is 9.00 Å². The Morgan fingerprint density at radius 1 is 1.10 bits per heavy atom. The van der Waals surface area contributed by atoms with Gasteiger partial charge in [0.25, 0.3) is 0 Å². The van der Waals surface area contributed by atoms with Crippen LogP contribution < -0.4 is 0 Å². The van der Waals surface area contributed by atoms with Crippen molar-refractivity contribution in [1.82, 2.24) is 0 Å². The van der Waals surface area contributed by atoms with E-state index in [1.165, 1.54) is 7.11 Å². The first kappa shape index (κ1) is 27.2. The van der Waals surface area contributed by atoms with Gasteiger partial charge in [0.15, 0.2) is 0 Å². The highest BCUT2D eigenvalue weighted by Gasteiger charge is 2.45. The van der Waals surface area contributed by atoms with Gasteiger partial charge in [-0.15, -0.1) is 0 Å². The van der Waals surface area contributed by atoms with Crippen LogP contribution in [0.3, 0.4) is 0 Å². The Bertz CT molecular complexity index is 759. The molecule has 3 nitrogen and oxygen atoms in total. The zero-order valence-corrected chi connectivity index (χ0v) is 22.1. The van der Waals surface area contributed by atoms with Crippen molar-refractivity contribution in [1.29, 1.82) is 0 Å². The average molecular weight is 457 g/mol. The Morgan fingerprint density at radius 3 is 2.07 bits per heavy atom. The Balaban J connectivity index is 3.49. The Labute approximate surface area is 191 Å². The highest BCUT2D eigenvalue weighted by molar-refractivity contribution is 7.86. The summed E-state index contributed by atoms with van der Waals surface area (Å²) in [7, 11) is 0.277. The highest BCUT2D eigenvalue weighted by atomic mass is 35.5. The van der Waals surface area contributed by atoms with E-state index in [1.54, 1.807) is 0 Å². The third-order valence-corrected chi connectivity index (χ3v) is 8.36. The summed E-state index contributed by atoms with van der Waals surface area (Å²) < 4.78 is 18.0. The first-order valence-electron chi connectivity index (χ1n) is 10.8. The summed E-state index contributed by atoms with van der Waals surface area (Å²) in [6.07, 6.45) is 1.94. The van der Waals surface area contributed by atoms with Crippen molar-refractivity contribution in [2.75, 3.05) is 12.9 Å². The van der Waals surface area contributed by atoms with Gasteiger partial charge < -0.3 is 4.74 Å². The summed E-state index contributed by atoms with van der Waals surface area (Å²) in [6, 6.07) is 6.09. The molecule has 0 saturated heterocycles. The molecule has 0 heterocycles. The van der Waals surface area contributed by atoms with Gasteiger partial charge in [0.2, 0.25) is 0 Å². The van der Waals surface area contributed by atoms with Crippen LogP contribution in [0.2, 0.25) is 5.02 Å². The van der Waals surface area contributed by atoms with Gasteiger partial charge in [0.05, 0.1) is 13.0 Å². The van der Waals surface area contributed by atoms with Crippen molar-refractivity contribution >= 4 is 28.4 Å². The molecule has 1 unspecified atom stereocenters. The van der Waals surface area contributed by atoms with Crippen LogP contribution in [-0.4, -0.2) is 27.8 Å². The number of carbonyl (C=O) groups excluding carboxylic acids is 1. The van der Waals surface area contributed by atoms with E-state index in [0.29, 0.717) is 10.8 Å². The van der Waals surface area contributed by atoms with Crippen molar-refractivity contribution in [2.45, 2.75) is 85.3 Å². The minimum absolute atomic E-state index is 0.0266. The number of rotatable bonds is 8. The van der Waals surface area contributed by atoms with E-state index in [1.807, 2.05) is 47.6 Å². The predicted molar refractivity (Wildman–Crippen MR) is 130 cm³/mol. The molecule has 1 aromatic carbocycles. The van der Waals surface area contributed by atoms with Gasteiger partial charge in [-0.25, -0.2) is 0 Å². The lowest BCUT2D eigenvalue weighted by molar-refractivity contribution is -0.149. The second-order valence-corrected chi connectivity index (χ2v) is 13.7. The van der Waals surface area contributed by atoms with Gasteiger partial charge >= 0.3 is 5.97 Å². The van der Waals surface area contributed by atoms with Crippen molar-refractivity contribution in [3.63, 3.8) is 0 Å². The monoisotopic (exact) mass is 456 g/mol. The number of aryl methyl sites for hydroxylation is 1. The first-order valence-corrected chi connectivity index (χ1v) is 12.5. The van der Waals surface area contributed by atoms with Crippen molar-refractivity contribution < 1.29 is 13.7 Å². The van der Waals surface area contributed by atoms with Gasteiger partial charge in [-0.1, -0.05) is 65.3 Å². The zero-order chi connectivity index (χ0) is 23.5. The predicted octanol–water partition coefficient (Wildman–Crippen LogP) is 6.57. The SMILES string of the molecule is COC(=O)C(C(C)C)[C@@](C)(C[S@@](=O)C(C)(C)C)c1ccc(CCC(C)(C)C)c(Cl)c1. The minimum Gasteiger partial charge on any atom is -0.469 e. The maximum absolute atomic E-state index is 13.2. The van der Waals surface area contributed by atoms with Gasteiger partial charge in [0, 0.05) is 31.7 Å². The third-order valence-electron chi connectivity index (χ3n) is 5.78. The molecule has 0 spiro atoms. The molecule has 0 amide bonds. The fourth-order valence-electron chi connectivity index (χ4n) is 3.85. The molecule has 3 atom stereocenters. The Kier molecular flexibility index (Phi) is 9.20. The molecular weight excluding hydrogens is 416 g/mol. The van der Waals surface area contributed by atoms with Gasteiger partial charge in [-0.2, -0.15) is 0 Å². The van der Waals surface area contributed by atoms with Gasteiger partial charge in [0.1, 0.15) is 0 Å². The second-order valence-electron chi connectivity index (χ2n) is 11.1. The summed E-state index contributed by atoms with van der Waals surface area (Å²) in [5.41, 5.74) is 1.61. The number of hydrogen-bond acceptors (Lipinski definition) is 3. The molecule has 1 rings (SSSR count). The molecule has 1 aromatic rings. The minimum atomic E-state index is -1.14. The molecule has 0 bridgehead atoms. The molecule has 172 valence electrons. The third kappa shape index (κ3) is 7.09. The van der Waals surface area contributed by atoms with E-state index in [-0.39, 0.29) is 22.0 Å². The van der Waals surface area contributed by atoms with Crippen LogP contribution in [-0.2, 0) is 32.2 Å². The molecule has 0 aliphatic rings. The molecular formula is C25H41ClO3S. The largest absolute Gasteiger partial charge is 0.469 e. The lowest BCUT2D eigenvalue weighted by Gasteiger charge is -2.40. The van der Waals surface area contributed by atoms with E-state index < -0.39 is 22.1 Å². The smallest absolute Gasteiger partial charge is 0.309 e. The molecule has 0 N–H and O–H groups in total. The second kappa shape index (κ2) is 10.2. The highest BCUT2D eigenvalue weighted by Crippen LogP contribution is 2.41.